The summed E-state index contributed by atoms with van der Waals surface area (Å²) in [7, 11) is 0. The van der Waals surface area contributed by atoms with E-state index in [1.54, 1.807) is 6.92 Å². The average molecular weight is 394 g/mol. The number of hydrogen-bond donors (Lipinski definition) is 0. The second-order valence-electron chi connectivity index (χ2n) is 4.55. The number of ether oxygens (including phenoxy) is 3. The molecule has 0 radical (unpaired) electrons. The van der Waals surface area contributed by atoms with E-state index < -0.39 is 18.4 Å². The van der Waals surface area contributed by atoms with Gasteiger partial charge in [-0.25, -0.2) is 9.18 Å². The lowest BCUT2D eigenvalue weighted by Crippen LogP contribution is -2.18. The van der Waals surface area contributed by atoms with Gasteiger partial charge < -0.3 is 14.2 Å². The molecule has 0 aliphatic rings. The molecule has 0 saturated heterocycles. The van der Waals surface area contributed by atoms with E-state index in [9.17, 15) is 9.18 Å². The fraction of sp³-hybridized carbons (Fsp3) is 0.176. The van der Waals surface area contributed by atoms with Crippen LogP contribution in [0.1, 0.15) is 12.5 Å². The highest BCUT2D eigenvalue weighted by Crippen LogP contribution is 2.36. The van der Waals surface area contributed by atoms with Gasteiger partial charge >= 0.3 is 5.97 Å². The van der Waals surface area contributed by atoms with E-state index in [0.29, 0.717) is 16.6 Å². The first-order valence-corrected chi connectivity index (χ1v) is 7.78. The zero-order chi connectivity index (χ0) is 17.5. The van der Waals surface area contributed by atoms with Crippen molar-refractivity contribution in [2.24, 2.45) is 0 Å². The lowest BCUT2D eigenvalue weighted by atomic mass is 10.2. The van der Waals surface area contributed by atoms with Crippen molar-refractivity contribution in [3.63, 3.8) is 0 Å². The number of nitriles is 1. The van der Waals surface area contributed by atoms with Crippen LogP contribution >= 0.6 is 15.9 Å². The largest absolute Gasteiger partial charge is 0.490 e. The molecule has 0 N–H and O–H groups in total. The Morgan fingerprint density at radius 3 is 2.75 bits per heavy atom. The van der Waals surface area contributed by atoms with Crippen molar-refractivity contribution in [1.82, 2.24) is 0 Å². The molecule has 0 atom stereocenters. The van der Waals surface area contributed by atoms with Crippen LogP contribution in [0, 0.1) is 17.1 Å². The van der Waals surface area contributed by atoms with Gasteiger partial charge in [0.1, 0.15) is 11.6 Å². The van der Waals surface area contributed by atoms with E-state index in [1.165, 1.54) is 30.3 Å². The van der Waals surface area contributed by atoms with Gasteiger partial charge in [-0.05, 0) is 41.1 Å². The fourth-order valence-corrected chi connectivity index (χ4v) is 2.36. The molecule has 24 heavy (non-hydrogen) atoms. The summed E-state index contributed by atoms with van der Waals surface area (Å²) in [5.74, 6) is -0.512. The molecule has 0 unspecified atom stereocenters. The number of hydrogen-bond acceptors (Lipinski definition) is 5. The molecule has 2 rings (SSSR count). The van der Waals surface area contributed by atoms with Crippen LogP contribution in [0.5, 0.6) is 17.2 Å². The van der Waals surface area contributed by atoms with Gasteiger partial charge in [-0.2, -0.15) is 5.26 Å². The van der Waals surface area contributed by atoms with Crippen molar-refractivity contribution in [3.05, 3.63) is 52.3 Å². The van der Waals surface area contributed by atoms with E-state index >= 15 is 0 Å². The number of halogens is 2. The SMILES string of the molecule is CCOc1cc(C#N)cc(Br)c1OC(=O)COc1cccc(F)c1. The third kappa shape index (κ3) is 4.70. The Morgan fingerprint density at radius 1 is 1.29 bits per heavy atom. The number of benzene rings is 2. The minimum Gasteiger partial charge on any atom is -0.490 e. The molecule has 0 aliphatic heterocycles. The number of carbonyl (C=O) groups is 1. The number of rotatable bonds is 6. The molecule has 0 bridgehead atoms. The first-order valence-electron chi connectivity index (χ1n) is 6.99. The molecule has 0 fully saturated rings. The molecular weight excluding hydrogens is 381 g/mol. The Kier molecular flexibility index (Phi) is 6.15. The maximum Gasteiger partial charge on any atom is 0.349 e. The van der Waals surface area contributed by atoms with Crippen molar-refractivity contribution < 1.29 is 23.4 Å². The van der Waals surface area contributed by atoms with Crippen molar-refractivity contribution in [1.29, 1.82) is 5.26 Å². The van der Waals surface area contributed by atoms with Gasteiger partial charge in [0.2, 0.25) is 0 Å². The second kappa shape index (κ2) is 8.31. The number of esters is 1. The quantitative estimate of drug-likeness (QED) is 0.550. The summed E-state index contributed by atoms with van der Waals surface area (Å²) in [6.45, 7) is 1.71. The van der Waals surface area contributed by atoms with Crippen LogP contribution in [0.2, 0.25) is 0 Å². The molecule has 2 aromatic carbocycles. The summed E-state index contributed by atoms with van der Waals surface area (Å²) in [5, 5.41) is 8.98. The highest BCUT2D eigenvalue weighted by atomic mass is 79.9. The van der Waals surface area contributed by atoms with Crippen molar-refractivity contribution in [3.8, 4) is 23.3 Å². The van der Waals surface area contributed by atoms with E-state index in [4.69, 9.17) is 19.5 Å². The van der Waals surface area contributed by atoms with Gasteiger partial charge in [0.05, 0.1) is 22.7 Å². The van der Waals surface area contributed by atoms with Crippen molar-refractivity contribution >= 4 is 21.9 Å². The fourth-order valence-electron chi connectivity index (χ4n) is 1.84. The van der Waals surface area contributed by atoms with Crippen LogP contribution in [0.3, 0.4) is 0 Å². The normalized spacial score (nSPS) is 9.92. The monoisotopic (exact) mass is 393 g/mol. The predicted octanol–water partition coefficient (Wildman–Crippen LogP) is 3.84. The molecule has 0 heterocycles. The Hall–Kier alpha value is -2.59. The Balaban J connectivity index is 2.09. The third-order valence-electron chi connectivity index (χ3n) is 2.81. The Bertz CT molecular complexity index is 789. The van der Waals surface area contributed by atoms with Crippen LogP contribution in [0.4, 0.5) is 4.39 Å². The minimum absolute atomic E-state index is 0.156. The Morgan fingerprint density at radius 2 is 2.08 bits per heavy atom. The minimum atomic E-state index is -0.689. The molecule has 7 heteroatoms. The topological polar surface area (TPSA) is 68.5 Å². The summed E-state index contributed by atoms with van der Waals surface area (Å²) in [5.41, 5.74) is 0.362. The Labute approximate surface area is 146 Å². The first-order chi connectivity index (χ1) is 11.5. The molecule has 5 nitrogen and oxygen atoms in total. The average Bonchev–Trinajstić information content (AvgIpc) is 2.56. The molecule has 0 saturated carbocycles. The zero-order valence-corrected chi connectivity index (χ0v) is 14.3. The lowest BCUT2D eigenvalue weighted by molar-refractivity contribution is -0.136. The van der Waals surface area contributed by atoms with Crippen molar-refractivity contribution in [2.75, 3.05) is 13.2 Å². The van der Waals surface area contributed by atoms with Gasteiger partial charge in [-0.15, -0.1) is 0 Å². The van der Waals surface area contributed by atoms with E-state index in [2.05, 4.69) is 15.9 Å². The highest BCUT2D eigenvalue weighted by Gasteiger charge is 2.16. The molecule has 0 amide bonds. The van der Waals surface area contributed by atoms with Crippen LogP contribution in [0.15, 0.2) is 40.9 Å². The van der Waals surface area contributed by atoms with Crippen LogP contribution in [0.25, 0.3) is 0 Å². The standard InChI is InChI=1S/C17H13BrFNO4/c1-2-22-15-7-11(9-20)6-14(18)17(15)24-16(21)10-23-13-5-3-4-12(19)8-13/h3-8H,2,10H2,1H3. The lowest BCUT2D eigenvalue weighted by Gasteiger charge is -2.13. The smallest absolute Gasteiger partial charge is 0.349 e. The zero-order valence-electron chi connectivity index (χ0n) is 12.7. The summed E-state index contributed by atoms with van der Waals surface area (Å²) in [6.07, 6.45) is 0. The van der Waals surface area contributed by atoms with Crippen LogP contribution in [-0.2, 0) is 4.79 Å². The first kappa shape index (κ1) is 17.8. The molecule has 2 aromatic rings. The van der Waals surface area contributed by atoms with Gasteiger partial charge in [-0.1, -0.05) is 6.07 Å². The van der Waals surface area contributed by atoms with Gasteiger partial charge in [0.25, 0.3) is 0 Å². The summed E-state index contributed by atoms with van der Waals surface area (Å²) >= 11 is 3.24. The number of nitrogens with zero attached hydrogens (tertiary/aromatic N) is 1. The van der Waals surface area contributed by atoms with Gasteiger partial charge in [0, 0.05) is 12.1 Å². The van der Waals surface area contributed by atoms with E-state index in [1.807, 2.05) is 6.07 Å². The highest BCUT2D eigenvalue weighted by molar-refractivity contribution is 9.10. The molecular formula is C17H13BrFNO4. The van der Waals surface area contributed by atoms with Gasteiger partial charge in [-0.3, -0.25) is 0 Å². The molecule has 0 spiro atoms. The summed E-state index contributed by atoms with van der Waals surface area (Å²) < 4.78 is 29.3. The second-order valence-corrected chi connectivity index (χ2v) is 5.40. The molecule has 124 valence electrons. The molecule has 0 aliphatic carbocycles. The van der Waals surface area contributed by atoms with E-state index in [0.717, 1.165) is 6.07 Å². The van der Waals surface area contributed by atoms with Crippen molar-refractivity contribution in [2.45, 2.75) is 6.92 Å². The van der Waals surface area contributed by atoms with Crippen LogP contribution < -0.4 is 14.2 Å². The summed E-state index contributed by atoms with van der Waals surface area (Å²) in [6, 6.07) is 10.4. The maximum absolute atomic E-state index is 13.1. The maximum atomic E-state index is 13.1. The third-order valence-corrected chi connectivity index (χ3v) is 3.40. The number of carbonyl (C=O) groups excluding carboxylic acids is 1. The summed E-state index contributed by atoms with van der Waals surface area (Å²) in [4.78, 5) is 12.0. The predicted molar refractivity (Wildman–Crippen MR) is 87.6 cm³/mol. The van der Waals surface area contributed by atoms with E-state index in [-0.39, 0.29) is 17.2 Å². The van der Waals surface area contributed by atoms with Crippen LogP contribution in [-0.4, -0.2) is 19.2 Å². The van der Waals surface area contributed by atoms with Gasteiger partial charge in [0.15, 0.2) is 18.1 Å². The molecule has 0 aromatic heterocycles.